The molecule has 0 aliphatic carbocycles. The quantitative estimate of drug-likeness (QED) is 0.706. The van der Waals surface area contributed by atoms with Crippen LogP contribution in [-0.2, 0) is 11.3 Å². The highest BCUT2D eigenvalue weighted by atomic mass is 16.2. The molecule has 1 saturated heterocycles. The van der Waals surface area contributed by atoms with Crippen molar-refractivity contribution in [2.24, 2.45) is 5.92 Å². The number of rotatable bonds is 4. The Balaban J connectivity index is 1.50. The molecular formula is C25H26N4O. The average Bonchev–Trinajstić information content (AvgIpc) is 3.15. The molecule has 2 aliphatic heterocycles. The maximum absolute atomic E-state index is 11.5. The smallest absolute Gasteiger partial charge is 0.219 e. The van der Waals surface area contributed by atoms with Crippen molar-refractivity contribution in [3.05, 3.63) is 59.2 Å². The molecule has 5 heteroatoms. The zero-order valence-corrected chi connectivity index (χ0v) is 17.3. The van der Waals surface area contributed by atoms with Crippen molar-refractivity contribution in [2.45, 2.75) is 45.2 Å². The van der Waals surface area contributed by atoms with E-state index in [0.29, 0.717) is 18.0 Å². The minimum atomic E-state index is 0.120. The van der Waals surface area contributed by atoms with E-state index in [9.17, 15) is 10.1 Å². The number of fused-ring (bicyclic) bond motifs is 1. The van der Waals surface area contributed by atoms with E-state index >= 15 is 0 Å². The van der Waals surface area contributed by atoms with Gasteiger partial charge in [0.05, 0.1) is 24.2 Å². The van der Waals surface area contributed by atoms with E-state index in [1.54, 1.807) is 6.92 Å². The maximum atomic E-state index is 11.5. The maximum Gasteiger partial charge on any atom is 0.219 e. The molecule has 0 aromatic heterocycles. The second kappa shape index (κ2) is 8.59. The number of likely N-dealkylation sites (tertiary alicyclic amines) is 1. The van der Waals surface area contributed by atoms with Gasteiger partial charge in [-0.1, -0.05) is 30.3 Å². The van der Waals surface area contributed by atoms with Gasteiger partial charge in [0.25, 0.3) is 0 Å². The lowest BCUT2D eigenvalue weighted by atomic mass is 9.88. The summed E-state index contributed by atoms with van der Waals surface area (Å²) >= 11 is 0. The number of hydrogen-bond acceptors (Lipinski definition) is 4. The lowest BCUT2D eigenvalue weighted by Gasteiger charge is -2.32. The molecule has 152 valence electrons. The van der Waals surface area contributed by atoms with E-state index in [1.165, 1.54) is 11.1 Å². The van der Waals surface area contributed by atoms with E-state index in [2.05, 4.69) is 30.5 Å². The summed E-state index contributed by atoms with van der Waals surface area (Å²) in [4.78, 5) is 15.4. The predicted octanol–water partition coefficient (Wildman–Crippen LogP) is 4.60. The Morgan fingerprint density at radius 3 is 2.43 bits per heavy atom. The molecule has 1 atom stereocenters. The van der Waals surface area contributed by atoms with Crippen LogP contribution in [0.3, 0.4) is 0 Å². The number of benzene rings is 2. The van der Waals surface area contributed by atoms with Crippen LogP contribution >= 0.6 is 0 Å². The number of nitriles is 2. The first-order valence-corrected chi connectivity index (χ1v) is 10.6. The van der Waals surface area contributed by atoms with Gasteiger partial charge in [-0.2, -0.15) is 10.5 Å². The van der Waals surface area contributed by atoms with Gasteiger partial charge in [-0.25, -0.2) is 0 Å². The van der Waals surface area contributed by atoms with Gasteiger partial charge in [0.2, 0.25) is 5.91 Å². The molecule has 2 aromatic carbocycles. The van der Waals surface area contributed by atoms with E-state index < -0.39 is 0 Å². The summed E-state index contributed by atoms with van der Waals surface area (Å²) in [5.41, 5.74) is 5.36. The molecule has 0 saturated carbocycles. The lowest BCUT2D eigenvalue weighted by molar-refractivity contribution is -0.130. The minimum Gasteiger partial charge on any atom is -0.343 e. The third-order valence-electron chi connectivity index (χ3n) is 6.64. The van der Waals surface area contributed by atoms with Crippen molar-refractivity contribution >= 4 is 5.91 Å². The predicted molar refractivity (Wildman–Crippen MR) is 115 cm³/mol. The summed E-state index contributed by atoms with van der Waals surface area (Å²) in [6, 6.07) is 16.3. The molecule has 2 aliphatic rings. The first-order chi connectivity index (χ1) is 14.6. The number of amides is 1. The van der Waals surface area contributed by atoms with Gasteiger partial charge >= 0.3 is 0 Å². The topological polar surface area (TPSA) is 71.1 Å². The first kappa shape index (κ1) is 20.0. The monoisotopic (exact) mass is 398 g/mol. The fraction of sp³-hybridized carbons (Fsp3) is 0.400. The van der Waals surface area contributed by atoms with Crippen LogP contribution in [0.2, 0.25) is 0 Å². The molecule has 1 unspecified atom stereocenters. The summed E-state index contributed by atoms with van der Waals surface area (Å²) in [7, 11) is 0. The van der Waals surface area contributed by atoms with Crippen LogP contribution in [0.1, 0.15) is 55.3 Å². The minimum absolute atomic E-state index is 0.120. The molecule has 0 bridgehead atoms. The highest BCUT2D eigenvalue weighted by Crippen LogP contribution is 2.42. The van der Waals surface area contributed by atoms with Crippen LogP contribution < -0.4 is 0 Å². The van der Waals surface area contributed by atoms with Gasteiger partial charge in [0, 0.05) is 20.0 Å². The number of carbonyl (C=O) groups excluding carboxylic acids is 1. The Labute approximate surface area is 178 Å². The van der Waals surface area contributed by atoms with Crippen molar-refractivity contribution in [3.8, 4) is 23.4 Å². The Bertz CT molecular complexity index is 1010. The fourth-order valence-electron chi connectivity index (χ4n) is 4.88. The molecule has 30 heavy (non-hydrogen) atoms. The largest absolute Gasteiger partial charge is 0.343 e. The van der Waals surface area contributed by atoms with Gasteiger partial charge in [-0.05, 0) is 66.0 Å². The van der Waals surface area contributed by atoms with Crippen molar-refractivity contribution in [1.82, 2.24) is 9.80 Å². The molecule has 1 fully saturated rings. The van der Waals surface area contributed by atoms with Gasteiger partial charge in [0.1, 0.15) is 0 Å². The summed E-state index contributed by atoms with van der Waals surface area (Å²) < 4.78 is 0. The molecule has 0 spiro atoms. The summed E-state index contributed by atoms with van der Waals surface area (Å²) in [6.07, 6.45) is 6.55. The highest BCUT2D eigenvalue weighted by Gasteiger charge is 2.32. The molecule has 2 aromatic rings. The molecular weight excluding hydrogens is 372 g/mol. The second-order valence-corrected chi connectivity index (χ2v) is 8.33. The average molecular weight is 399 g/mol. The third-order valence-corrected chi connectivity index (χ3v) is 6.64. The molecule has 2 heterocycles. The van der Waals surface area contributed by atoms with Gasteiger partial charge in [-0.15, -0.1) is 0 Å². The van der Waals surface area contributed by atoms with Gasteiger partial charge in [-0.3, -0.25) is 9.69 Å². The van der Waals surface area contributed by atoms with Crippen LogP contribution in [0, 0.1) is 28.7 Å². The van der Waals surface area contributed by atoms with E-state index in [1.807, 2.05) is 34.1 Å². The Morgan fingerprint density at radius 2 is 1.80 bits per heavy atom. The van der Waals surface area contributed by atoms with Crippen LogP contribution in [0.15, 0.2) is 42.5 Å². The van der Waals surface area contributed by atoms with E-state index in [4.69, 9.17) is 5.26 Å². The molecule has 4 rings (SSSR count). The van der Waals surface area contributed by atoms with Crippen molar-refractivity contribution in [2.75, 3.05) is 13.1 Å². The van der Waals surface area contributed by atoms with Crippen LogP contribution in [0.25, 0.3) is 11.1 Å². The number of nitrogens with zero attached hydrogens (tertiary/aromatic N) is 4. The van der Waals surface area contributed by atoms with Gasteiger partial charge in [0.15, 0.2) is 6.19 Å². The van der Waals surface area contributed by atoms with Crippen molar-refractivity contribution in [1.29, 1.82) is 10.5 Å². The van der Waals surface area contributed by atoms with Crippen molar-refractivity contribution in [3.63, 3.8) is 0 Å². The van der Waals surface area contributed by atoms with Crippen LogP contribution in [0.4, 0.5) is 0 Å². The van der Waals surface area contributed by atoms with E-state index in [0.717, 1.165) is 49.9 Å². The molecule has 0 radical (unpaired) electrons. The summed E-state index contributed by atoms with van der Waals surface area (Å²) in [6.45, 7) is 3.99. The molecule has 1 amide bonds. The lowest BCUT2D eigenvalue weighted by Crippen LogP contribution is -2.37. The van der Waals surface area contributed by atoms with Gasteiger partial charge < -0.3 is 4.90 Å². The Kier molecular flexibility index (Phi) is 5.72. The SMILES string of the molecule is CC(=O)N1CCC(CCC2c3cccc(-c4ccc(C#N)cc4)c3CN2C#N)CC1. The van der Waals surface area contributed by atoms with Crippen LogP contribution in [-0.4, -0.2) is 28.8 Å². The first-order valence-electron chi connectivity index (χ1n) is 10.6. The Morgan fingerprint density at radius 1 is 1.07 bits per heavy atom. The summed E-state index contributed by atoms with van der Waals surface area (Å²) in [5, 5.41) is 18.8. The standard InChI is InChI=1S/C25H26N4O/c1-18(30)28-13-11-19(12-14-28)7-10-25-23-4-2-3-22(24(23)16-29(25)17-27)21-8-5-20(15-26)6-9-21/h2-6,8-9,19,25H,7,10-14,16H2,1H3. The highest BCUT2D eigenvalue weighted by molar-refractivity contribution is 5.73. The van der Waals surface area contributed by atoms with Crippen molar-refractivity contribution < 1.29 is 4.79 Å². The normalized spacial score (nSPS) is 18.6. The molecule has 5 nitrogen and oxygen atoms in total. The third kappa shape index (κ3) is 3.89. The fourth-order valence-corrected chi connectivity index (χ4v) is 4.88. The zero-order chi connectivity index (χ0) is 21.1. The summed E-state index contributed by atoms with van der Waals surface area (Å²) in [5.74, 6) is 0.788. The number of piperidine rings is 1. The van der Waals surface area contributed by atoms with E-state index in [-0.39, 0.29) is 11.9 Å². The second-order valence-electron chi connectivity index (χ2n) is 8.33. The van der Waals surface area contributed by atoms with Crippen LogP contribution in [0.5, 0.6) is 0 Å². The zero-order valence-electron chi connectivity index (χ0n) is 17.3. The molecule has 0 N–H and O–H groups in total. The Hall–Kier alpha value is -3.31. The number of carbonyl (C=O) groups is 1. The number of hydrogen-bond donors (Lipinski definition) is 0.